The van der Waals surface area contributed by atoms with Gasteiger partial charge in [-0.2, -0.15) is 0 Å². The van der Waals surface area contributed by atoms with Gasteiger partial charge in [0.1, 0.15) is 11.3 Å². The number of amides is 1. The topological polar surface area (TPSA) is 68.7 Å². The highest BCUT2D eigenvalue weighted by atomic mass is 35.5. The maximum absolute atomic E-state index is 12.8. The molecule has 1 aromatic carbocycles. The quantitative estimate of drug-likeness (QED) is 0.930. The first-order valence-electron chi connectivity index (χ1n) is 7.65. The van der Waals surface area contributed by atoms with E-state index in [-0.39, 0.29) is 18.3 Å². The minimum Gasteiger partial charge on any atom is -0.459 e. The Hall–Kier alpha value is -1.56. The van der Waals surface area contributed by atoms with Crippen LogP contribution in [0, 0.1) is 5.41 Å². The van der Waals surface area contributed by atoms with E-state index in [1.165, 1.54) is 0 Å². The van der Waals surface area contributed by atoms with Crippen molar-refractivity contribution >= 4 is 29.3 Å². The molecule has 1 aliphatic rings. The molecule has 1 saturated heterocycles. The third-order valence-corrected chi connectivity index (χ3v) is 4.51. The Bertz CT molecular complexity index is 632. The second kappa shape index (κ2) is 7.34. The summed E-state index contributed by atoms with van der Waals surface area (Å²) in [4.78, 5) is 14.5. The van der Waals surface area contributed by atoms with Gasteiger partial charge in [-0.05, 0) is 25.0 Å². The number of ether oxygens (including phenoxy) is 1. The van der Waals surface area contributed by atoms with E-state index in [9.17, 15) is 4.79 Å². The smallest absolute Gasteiger partial charge is 0.230 e. The third kappa shape index (κ3) is 3.52. The fourth-order valence-corrected chi connectivity index (χ4v) is 3.09. The molecule has 126 valence electrons. The van der Waals surface area contributed by atoms with Gasteiger partial charge in [0, 0.05) is 32.2 Å². The minimum atomic E-state index is -0.487. The first kappa shape index (κ1) is 17.8. The molecule has 0 aliphatic carbocycles. The number of carbonyl (C=O) groups excluding carboxylic acids is 1. The number of carbonyl (C=O) groups is 1. The van der Waals surface area contributed by atoms with Crippen LogP contribution in [-0.4, -0.2) is 37.6 Å². The standard InChI is InChI=1S/C17H22N2O3.ClH/c1-19(16(20)17(12-18)6-8-21-9-7-17)11-14-10-13-4-2-3-5-15(13)22-14;/h2-5,10H,6-9,11-12,18H2,1H3;1H. The Morgan fingerprint density at radius 2 is 2.00 bits per heavy atom. The van der Waals surface area contributed by atoms with Crippen LogP contribution in [0.3, 0.4) is 0 Å². The zero-order chi connectivity index (χ0) is 15.6. The van der Waals surface area contributed by atoms with Crippen molar-refractivity contribution in [3.63, 3.8) is 0 Å². The van der Waals surface area contributed by atoms with Crippen molar-refractivity contribution in [2.75, 3.05) is 26.8 Å². The Morgan fingerprint density at radius 3 is 2.65 bits per heavy atom. The highest BCUT2D eigenvalue weighted by molar-refractivity contribution is 5.85. The zero-order valence-corrected chi connectivity index (χ0v) is 14.1. The number of hydrogen-bond acceptors (Lipinski definition) is 4. The lowest BCUT2D eigenvalue weighted by Gasteiger charge is -2.37. The van der Waals surface area contributed by atoms with Crippen molar-refractivity contribution in [1.29, 1.82) is 0 Å². The van der Waals surface area contributed by atoms with Crippen LogP contribution in [0.15, 0.2) is 34.7 Å². The third-order valence-electron chi connectivity index (χ3n) is 4.51. The lowest BCUT2D eigenvalue weighted by atomic mass is 9.79. The molecule has 2 N–H and O–H groups in total. The molecule has 0 spiro atoms. The van der Waals surface area contributed by atoms with E-state index in [2.05, 4.69) is 0 Å². The average Bonchev–Trinajstić information content (AvgIpc) is 2.96. The van der Waals surface area contributed by atoms with Crippen LogP contribution in [0.5, 0.6) is 0 Å². The highest BCUT2D eigenvalue weighted by Gasteiger charge is 2.40. The predicted molar refractivity (Wildman–Crippen MR) is 91.5 cm³/mol. The fraction of sp³-hybridized carbons (Fsp3) is 0.471. The molecule has 0 bridgehead atoms. The molecule has 0 unspecified atom stereocenters. The second-order valence-corrected chi connectivity index (χ2v) is 6.01. The van der Waals surface area contributed by atoms with Gasteiger partial charge in [-0.15, -0.1) is 12.4 Å². The van der Waals surface area contributed by atoms with E-state index in [1.54, 1.807) is 4.90 Å². The van der Waals surface area contributed by atoms with Crippen molar-refractivity contribution in [1.82, 2.24) is 4.90 Å². The van der Waals surface area contributed by atoms with Gasteiger partial charge in [-0.3, -0.25) is 4.79 Å². The van der Waals surface area contributed by atoms with Gasteiger partial charge >= 0.3 is 0 Å². The summed E-state index contributed by atoms with van der Waals surface area (Å²) in [6.07, 6.45) is 1.37. The molecule has 5 nitrogen and oxygen atoms in total. The van der Waals surface area contributed by atoms with E-state index in [1.807, 2.05) is 37.4 Å². The molecule has 1 amide bonds. The van der Waals surface area contributed by atoms with Crippen LogP contribution >= 0.6 is 12.4 Å². The number of benzene rings is 1. The number of halogens is 1. The van der Waals surface area contributed by atoms with E-state index in [4.69, 9.17) is 14.9 Å². The van der Waals surface area contributed by atoms with Gasteiger partial charge < -0.3 is 19.8 Å². The van der Waals surface area contributed by atoms with E-state index >= 15 is 0 Å². The van der Waals surface area contributed by atoms with Crippen LogP contribution in [0.1, 0.15) is 18.6 Å². The van der Waals surface area contributed by atoms with Crippen molar-refractivity contribution in [3.05, 3.63) is 36.1 Å². The van der Waals surface area contributed by atoms with Crippen molar-refractivity contribution in [2.24, 2.45) is 11.1 Å². The van der Waals surface area contributed by atoms with Gasteiger partial charge in [0.2, 0.25) is 5.91 Å². The molecule has 0 atom stereocenters. The van der Waals surface area contributed by atoms with Gasteiger partial charge in [0.05, 0.1) is 12.0 Å². The van der Waals surface area contributed by atoms with Crippen LogP contribution in [0.4, 0.5) is 0 Å². The molecule has 1 fully saturated rings. The number of nitrogens with zero attached hydrogens (tertiary/aromatic N) is 1. The number of para-hydroxylation sites is 1. The first-order valence-corrected chi connectivity index (χ1v) is 7.65. The highest BCUT2D eigenvalue weighted by Crippen LogP contribution is 2.32. The fourth-order valence-electron chi connectivity index (χ4n) is 3.09. The number of hydrogen-bond donors (Lipinski definition) is 1. The maximum atomic E-state index is 12.8. The Kier molecular flexibility index (Phi) is 5.68. The molecule has 2 heterocycles. The largest absolute Gasteiger partial charge is 0.459 e. The van der Waals surface area contributed by atoms with Crippen molar-refractivity contribution < 1.29 is 13.9 Å². The molecule has 23 heavy (non-hydrogen) atoms. The molecular weight excluding hydrogens is 316 g/mol. The summed E-state index contributed by atoms with van der Waals surface area (Å²) < 4.78 is 11.2. The van der Waals surface area contributed by atoms with Crippen molar-refractivity contribution in [2.45, 2.75) is 19.4 Å². The van der Waals surface area contributed by atoms with Crippen LogP contribution in [-0.2, 0) is 16.1 Å². The van der Waals surface area contributed by atoms with E-state index in [0.29, 0.717) is 39.1 Å². The number of furan rings is 1. The summed E-state index contributed by atoms with van der Waals surface area (Å²) in [7, 11) is 1.81. The van der Waals surface area contributed by atoms with Gasteiger partial charge in [0.15, 0.2) is 0 Å². The number of fused-ring (bicyclic) bond motifs is 1. The van der Waals surface area contributed by atoms with Gasteiger partial charge in [-0.25, -0.2) is 0 Å². The monoisotopic (exact) mass is 338 g/mol. The molecule has 2 aromatic rings. The Morgan fingerprint density at radius 1 is 1.30 bits per heavy atom. The molecule has 0 saturated carbocycles. The normalized spacial score (nSPS) is 16.8. The lowest BCUT2D eigenvalue weighted by molar-refractivity contribution is -0.146. The van der Waals surface area contributed by atoms with E-state index < -0.39 is 5.41 Å². The summed E-state index contributed by atoms with van der Waals surface area (Å²) >= 11 is 0. The van der Waals surface area contributed by atoms with Crippen LogP contribution in [0.2, 0.25) is 0 Å². The van der Waals surface area contributed by atoms with E-state index in [0.717, 1.165) is 16.7 Å². The molecule has 3 rings (SSSR count). The molecular formula is C17H23ClN2O3. The molecule has 1 aromatic heterocycles. The summed E-state index contributed by atoms with van der Waals surface area (Å²) in [6.45, 7) is 2.01. The van der Waals surface area contributed by atoms with Gasteiger partial charge in [-0.1, -0.05) is 18.2 Å². The van der Waals surface area contributed by atoms with Crippen LogP contribution < -0.4 is 5.73 Å². The molecule has 0 radical (unpaired) electrons. The minimum absolute atomic E-state index is 0. The average molecular weight is 339 g/mol. The van der Waals surface area contributed by atoms with Crippen molar-refractivity contribution in [3.8, 4) is 0 Å². The lowest BCUT2D eigenvalue weighted by Crippen LogP contribution is -2.49. The summed E-state index contributed by atoms with van der Waals surface area (Å²) in [6, 6.07) is 9.83. The maximum Gasteiger partial charge on any atom is 0.230 e. The van der Waals surface area contributed by atoms with Crippen LogP contribution in [0.25, 0.3) is 11.0 Å². The summed E-state index contributed by atoms with van der Waals surface area (Å²) in [5.41, 5.74) is 6.26. The number of rotatable bonds is 4. The second-order valence-electron chi connectivity index (χ2n) is 6.01. The Balaban J connectivity index is 0.00000192. The summed E-state index contributed by atoms with van der Waals surface area (Å²) in [5, 5.41) is 1.05. The Labute approximate surface area is 142 Å². The molecule has 1 aliphatic heterocycles. The summed E-state index contributed by atoms with van der Waals surface area (Å²) in [5.74, 6) is 0.870. The van der Waals surface area contributed by atoms with Gasteiger partial charge in [0.25, 0.3) is 0 Å². The first-order chi connectivity index (χ1) is 10.6. The predicted octanol–water partition coefficient (Wildman–Crippen LogP) is 2.57. The SMILES string of the molecule is CN(Cc1cc2ccccc2o1)C(=O)C1(CN)CCOCC1.Cl. The molecule has 6 heteroatoms. The zero-order valence-electron chi connectivity index (χ0n) is 13.3. The number of nitrogens with two attached hydrogens (primary N) is 1.